The van der Waals surface area contributed by atoms with Crippen molar-refractivity contribution in [1.82, 2.24) is 0 Å². The molecule has 0 aromatic heterocycles. The Morgan fingerprint density at radius 2 is 1.50 bits per heavy atom. The Balaban J connectivity index is 0.000000422. The molecule has 0 N–H and O–H groups in total. The Kier molecular flexibility index (Phi) is 4.99. The molecule has 0 aliphatic carbocycles. The molecule has 0 bridgehead atoms. The fraction of sp³-hybridized carbons (Fsp3) is 0.462. The van der Waals surface area contributed by atoms with Crippen LogP contribution in [0.2, 0.25) is 0 Å². The summed E-state index contributed by atoms with van der Waals surface area (Å²) in [7, 11) is -4.50. The molecule has 1 heterocycles. The maximum absolute atomic E-state index is 13.0. The average Bonchev–Trinajstić information content (AvgIpc) is 2.23. The van der Waals surface area contributed by atoms with Crippen molar-refractivity contribution in [3.63, 3.8) is 0 Å². The summed E-state index contributed by atoms with van der Waals surface area (Å²) in [6, 6.07) is 6.78. The van der Waals surface area contributed by atoms with Crippen LogP contribution in [0.15, 0.2) is 24.3 Å². The molecule has 1 nitrogen and oxygen atoms in total. The highest BCUT2D eigenvalue weighted by atomic mass is 19.5. The monoisotopic (exact) mass is 329 g/mol. The summed E-state index contributed by atoms with van der Waals surface area (Å²) in [5.41, 5.74) is 0.275. The number of hydrogen-bond acceptors (Lipinski definition) is 0. The van der Waals surface area contributed by atoms with E-state index in [1.54, 1.807) is 24.3 Å². The van der Waals surface area contributed by atoms with Gasteiger partial charge in [0.15, 0.2) is 6.54 Å². The minimum Gasteiger partial charge on any atom is -0.418 e. The van der Waals surface area contributed by atoms with Gasteiger partial charge in [-0.3, -0.25) is 0 Å². The molecule has 0 amide bonds. The molecule has 0 saturated carbocycles. The molecule has 9 heteroatoms. The molecule has 1 aromatic carbocycles. The number of benzene rings is 1. The second kappa shape index (κ2) is 5.93. The minimum atomic E-state index is -6.00. The van der Waals surface area contributed by atoms with Gasteiger partial charge in [0.25, 0.3) is 5.71 Å². The second-order valence-electron chi connectivity index (χ2n) is 5.63. The summed E-state index contributed by atoms with van der Waals surface area (Å²) in [4.78, 5) is 0. The van der Waals surface area contributed by atoms with Gasteiger partial charge in [0, 0.05) is 5.41 Å². The van der Waals surface area contributed by atoms with Gasteiger partial charge in [0.2, 0.25) is 0 Å². The molecule has 0 fully saturated rings. The lowest BCUT2D eigenvalue weighted by atomic mass is 9.78. The fourth-order valence-electron chi connectivity index (χ4n) is 2.61. The van der Waals surface area contributed by atoms with E-state index in [0.29, 0.717) is 12.1 Å². The first kappa shape index (κ1) is 18.5. The van der Waals surface area contributed by atoms with Crippen LogP contribution in [0.4, 0.5) is 30.4 Å². The number of nitrogens with zero attached hydrogens (tertiary/aromatic N) is 1. The van der Waals surface area contributed by atoms with Crippen LogP contribution in [0.5, 0.6) is 0 Å². The SMILES string of the molecule is C[N+]1=C(C(F)(F)F)c2ccccc2C(C)(C)C1.F[B-](F)(F)F. The van der Waals surface area contributed by atoms with Crippen molar-refractivity contribution in [2.45, 2.75) is 25.4 Å². The zero-order valence-corrected chi connectivity index (χ0v) is 12.2. The summed E-state index contributed by atoms with van der Waals surface area (Å²) in [6.45, 7) is 4.31. The Bertz CT molecular complexity index is 566. The number of rotatable bonds is 0. The number of fused-ring (bicyclic) bond motifs is 1. The van der Waals surface area contributed by atoms with Crippen molar-refractivity contribution < 1.29 is 35.0 Å². The molecular weight excluding hydrogens is 314 g/mol. The molecule has 1 aliphatic rings. The van der Waals surface area contributed by atoms with Crippen molar-refractivity contribution in [2.24, 2.45) is 0 Å². The standard InChI is InChI=1S/C13H15F3N.BF4/c1-12(2)8-17(3)11(13(14,15)16)9-6-4-5-7-10(9)12;2-1(3,4)5/h4-7H,8H2,1-3H3;/q+1;-1. The second-order valence-corrected chi connectivity index (χ2v) is 5.63. The van der Waals surface area contributed by atoms with E-state index in [-0.39, 0.29) is 5.41 Å². The lowest BCUT2D eigenvalue weighted by molar-refractivity contribution is -0.515. The van der Waals surface area contributed by atoms with Crippen LogP contribution in [0.3, 0.4) is 0 Å². The van der Waals surface area contributed by atoms with Crippen LogP contribution in [0.1, 0.15) is 25.0 Å². The van der Waals surface area contributed by atoms with E-state index in [1.165, 1.54) is 11.6 Å². The summed E-state index contributed by atoms with van der Waals surface area (Å²) >= 11 is 0. The number of halogens is 7. The normalized spacial score (nSPS) is 17.5. The number of hydrogen-bond donors (Lipinski definition) is 0. The first-order valence-electron chi connectivity index (χ1n) is 6.36. The summed E-state index contributed by atoms with van der Waals surface area (Å²) in [5, 5.41) is 0. The van der Waals surface area contributed by atoms with Gasteiger partial charge in [-0.2, -0.15) is 13.2 Å². The molecule has 1 aromatic rings. The van der Waals surface area contributed by atoms with Crippen molar-refractivity contribution in [3.8, 4) is 0 Å². The molecule has 0 saturated heterocycles. The Labute approximate surface area is 123 Å². The first-order chi connectivity index (χ1) is 9.73. The Hall–Kier alpha value is -1.54. The van der Waals surface area contributed by atoms with E-state index >= 15 is 0 Å². The predicted octanol–water partition coefficient (Wildman–Crippen LogP) is 4.27. The van der Waals surface area contributed by atoms with Crippen LogP contribution in [0.25, 0.3) is 0 Å². The fourth-order valence-corrected chi connectivity index (χ4v) is 2.61. The van der Waals surface area contributed by atoms with Crippen LogP contribution in [-0.4, -0.2) is 37.3 Å². The summed E-state index contributed by atoms with van der Waals surface area (Å²) in [6.07, 6.45) is -4.30. The van der Waals surface area contributed by atoms with E-state index in [9.17, 15) is 30.4 Å². The van der Waals surface area contributed by atoms with Gasteiger partial charge < -0.3 is 17.3 Å². The largest absolute Gasteiger partial charge is 0.673 e. The molecule has 124 valence electrons. The van der Waals surface area contributed by atoms with Gasteiger partial charge in [-0.1, -0.05) is 18.2 Å². The van der Waals surface area contributed by atoms with Gasteiger partial charge in [0.05, 0.1) is 5.56 Å². The average molecular weight is 329 g/mol. The zero-order chi connectivity index (χ0) is 17.3. The highest BCUT2D eigenvalue weighted by Gasteiger charge is 2.49. The van der Waals surface area contributed by atoms with Crippen LogP contribution in [0, 0.1) is 0 Å². The van der Waals surface area contributed by atoms with E-state index < -0.39 is 19.1 Å². The molecule has 0 unspecified atom stereocenters. The third-order valence-electron chi connectivity index (χ3n) is 3.19. The molecule has 1 aliphatic heterocycles. The van der Waals surface area contributed by atoms with Gasteiger partial charge in [0.1, 0.15) is 7.05 Å². The van der Waals surface area contributed by atoms with E-state index in [1.807, 2.05) is 13.8 Å². The van der Waals surface area contributed by atoms with Crippen LogP contribution >= 0.6 is 0 Å². The zero-order valence-electron chi connectivity index (χ0n) is 12.2. The van der Waals surface area contributed by atoms with Crippen LogP contribution in [-0.2, 0) is 5.41 Å². The first-order valence-corrected chi connectivity index (χ1v) is 6.36. The Morgan fingerprint density at radius 1 is 1.05 bits per heavy atom. The highest BCUT2D eigenvalue weighted by molar-refractivity contribution is 6.50. The topological polar surface area (TPSA) is 3.01 Å². The third-order valence-corrected chi connectivity index (χ3v) is 3.19. The lowest BCUT2D eigenvalue weighted by Gasteiger charge is -2.30. The lowest BCUT2D eigenvalue weighted by Crippen LogP contribution is -2.44. The van der Waals surface area contributed by atoms with Crippen molar-refractivity contribution in [2.75, 3.05) is 13.6 Å². The van der Waals surface area contributed by atoms with E-state index in [4.69, 9.17) is 0 Å². The summed E-state index contributed by atoms with van der Waals surface area (Å²) < 4.78 is 79.4. The van der Waals surface area contributed by atoms with Gasteiger partial charge in [-0.25, -0.2) is 4.58 Å². The Morgan fingerprint density at radius 3 is 1.95 bits per heavy atom. The number of alkyl halides is 3. The third kappa shape index (κ3) is 4.74. The molecule has 0 atom stereocenters. The smallest absolute Gasteiger partial charge is 0.418 e. The quantitative estimate of drug-likeness (QED) is 0.380. The molecule has 0 radical (unpaired) electrons. The van der Waals surface area contributed by atoms with Gasteiger partial charge in [-0.15, -0.1) is 0 Å². The predicted molar refractivity (Wildman–Crippen MR) is 70.9 cm³/mol. The molecule has 2 rings (SSSR count). The van der Waals surface area contributed by atoms with E-state index in [0.717, 1.165) is 5.56 Å². The highest BCUT2D eigenvalue weighted by Crippen LogP contribution is 2.35. The van der Waals surface area contributed by atoms with Crippen molar-refractivity contribution in [1.29, 1.82) is 0 Å². The van der Waals surface area contributed by atoms with Gasteiger partial charge >= 0.3 is 13.4 Å². The summed E-state index contributed by atoms with van der Waals surface area (Å²) in [5.74, 6) is 0. The molecule has 0 spiro atoms. The van der Waals surface area contributed by atoms with E-state index in [2.05, 4.69) is 0 Å². The number of likely N-dealkylation sites (N-methyl/N-ethyl adjacent to an activating group) is 1. The molecule has 22 heavy (non-hydrogen) atoms. The van der Waals surface area contributed by atoms with Gasteiger partial charge in [-0.05, 0) is 25.5 Å². The minimum absolute atomic E-state index is 0.264. The molecular formula is C13H15BF7N. The maximum atomic E-state index is 13.0. The maximum Gasteiger partial charge on any atom is 0.673 e. The van der Waals surface area contributed by atoms with Crippen molar-refractivity contribution >= 4 is 13.0 Å². The van der Waals surface area contributed by atoms with Crippen molar-refractivity contribution in [3.05, 3.63) is 35.4 Å². The van der Waals surface area contributed by atoms with Crippen LogP contribution < -0.4 is 0 Å².